The third-order valence-electron chi connectivity index (χ3n) is 6.01. The average Bonchev–Trinajstić information content (AvgIpc) is 3.37. The molecule has 5 rings (SSSR count). The van der Waals surface area contributed by atoms with Gasteiger partial charge in [-0.25, -0.2) is 4.99 Å². The number of carbonyl (C=O) groups excluding carboxylic acids is 1. The number of nitrogens with zero attached hydrogens (tertiary/aromatic N) is 4. The quantitative estimate of drug-likeness (QED) is 0.472. The second kappa shape index (κ2) is 9.31. The molecule has 3 heterocycles. The number of aryl methyl sites for hydroxylation is 2. The monoisotopic (exact) mass is 483 g/mol. The van der Waals surface area contributed by atoms with Gasteiger partial charge in [-0.15, -0.1) is 0 Å². The van der Waals surface area contributed by atoms with Crippen LogP contribution in [-0.4, -0.2) is 20.3 Å². The lowest BCUT2D eigenvalue weighted by Crippen LogP contribution is -2.40. The Bertz CT molecular complexity index is 1610. The molecule has 4 aromatic rings. The number of anilines is 1. The van der Waals surface area contributed by atoms with E-state index in [-0.39, 0.29) is 11.5 Å². The van der Waals surface area contributed by atoms with E-state index in [4.69, 9.17) is 4.99 Å². The van der Waals surface area contributed by atoms with Crippen molar-refractivity contribution in [1.82, 2.24) is 14.3 Å². The molecule has 1 amide bonds. The molecule has 0 saturated carbocycles. The molecule has 35 heavy (non-hydrogen) atoms. The Morgan fingerprint density at radius 2 is 1.77 bits per heavy atom. The molecule has 0 saturated heterocycles. The van der Waals surface area contributed by atoms with Gasteiger partial charge < -0.3 is 5.32 Å². The molecule has 0 aliphatic carbocycles. The van der Waals surface area contributed by atoms with Crippen LogP contribution in [0.1, 0.15) is 36.7 Å². The minimum absolute atomic E-state index is 0.177. The molecule has 8 heteroatoms. The lowest BCUT2D eigenvalue weighted by Gasteiger charge is -2.25. The Morgan fingerprint density at radius 3 is 2.43 bits per heavy atom. The lowest BCUT2D eigenvalue weighted by atomic mass is 9.95. The van der Waals surface area contributed by atoms with Crippen LogP contribution in [0.3, 0.4) is 0 Å². The number of benzene rings is 2. The van der Waals surface area contributed by atoms with Crippen LogP contribution >= 0.6 is 11.3 Å². The summed E-state index contributed by atoms with van der Waals surface area (Å²) in [5.41, 5.74) is 4.16. The summed E-state index contributed by atoms with van der Waals surface area (Å²) in [4.78, 5) is 32.5. The topological polar surface area (TPSA) is 81.3 Å². The highest BCUT2D eigenvalue weighted by Gasteiger charge is 2.32. The van der Waals surface area contributed by atoms with Crippen molar-refractivity contribution in [2.75, 3.05) is 5.32 Å². The zero-order chi connectivity index (χ0) is 24.5. The molecular weight excluding hydrogens is 458 g/mol. The predicted octanol–water partition coefficient (Wildman–Crippen LogP) is 3.40. The Hall–Kier alpha value is -4.04. The Morgan fingerprint density at radius 1 is 1.09 bits per heavy atom. The number of carbonyl (C=O) groups is 1. The van der Waals surface area contributed by atoms with Crippen molar-refractivity contribution in [3.05, 3.63) is 115 Å². The van der Waals surface area contributed by atoms with Crippen LogP contribution in [0.4, 0.5) is 5.69 Å². The first kappa shape index (κ1) is 22.7. The molecule has 1 aliphatic rings. The average molecular weight is 484 g/mol. The molecule has 1 N–H and O–H groups in total. The Kier molecular flexibility index (Phi) is 6.05. The first-order valence-electron chi connectivity index (χ1n) is 11.4. The highest BCUT2D eigenvalue weighted by atomic mass is 32.1. The van der Waals surface area contributed by atoms with Gasteiger partial charge in [0.05, 0.1) is 27.5 Å². The van der Waals surface area contributed by atoms with Gasteiger partial charge in [0.2, 0.25) is 0 Å². The highest BCUT2D eigenvalue weighted by molar-refractivity contribution is 7.07. The van der Waals surface area contributed by atoms with Crippen molar-refractivity contribution < 1.29 is 4.79 Å². The maximum absolute atomic E-state index is 13.7. The largest absolute Gasteiger partial charge is 0.322 e. The number of fused-ring (bicyclic) bond motifs is 1. The maximum Gasteiger partial charge on any atom is 0.271 e. The molecule has 2 aromatic carbocycles. The summed E-state index contributed by atoms with van der Waals surface area (Å²) in [6, 6.07) is 18.3. The fourth-order valence-corrected chi connectivity index (χ4v) is 5.30. The molecule has 0 fully saturated rings. The van der Waals surface area contributed by atoms with Crippen LogP contribution in [0.2, 0.25) is 0 Å². The third kappa shape index (κ3) is 4.28. The molecule has 1 unspecified atom stereocenters. The summed E-state index contributed by atoms with van der Waals surface area (Å²) in [5, 5.41) is 7.45. The minimum atomic E-state index is -0.585. The van der Waals surface area contributed by atoms with Crippen LogP contribution in [0, 0.1) is 6.92 Å². The number of nitrogens with one attached hydrogen (secondary N) is 1. The van der Waals surface area contributed by atoms with Crippen LogP contribution < -0.4 is 20.2 Å². The van der Waals surface area contributed by atoms with E-state index in [0.717, 1.165) is 23.4 Å². The molecule has 0 radical (unpaired) electrons. The minimum Gasteiger partial charge on any atom is -0.322 e. The Balaban J connectivity index is 1.67. The smallest absolute Gasteiger partial charge is 0.271 e. The molecule has 7 nitrogen and oxygen atoms in total. The fourth-order valence-electron chi connectivity index (χ4n) is 4.26. The van der Waals surface area contributed by atoms with Crippen LogP contribution in [0.15, 0.2) is 87.9 Å². The van der Waals surface area contributed by atoms with E-state index in [9.17, 15) is 9.59 Å². The molecule has 0 bridgehead atoms. The third-order valence-corrected chi connectivity index (χ3v) is 6.99. The number of thiazole rings is 1. The fraction of sp³-hybridized carbons (Fsp3) is 0.185. The summed E-state index contributed by atoms with van der Waals surface area (Å²) in [6.07, 6.45) is 3.80. The van der Waals surface area contributed by atoms with E-state index in [1.54, 1.807) is 4.57 Å². The van der Waals surface area contributed by atoms with Crippen LogP contribution in [0.25, 0.3) is 6.08 Å². The van der Waals surface area contributed by atoms with Crippen molar-refractivity contribution in [3.63, 3.8) is 0 Å². The van der Waals surface area contributed by atoms with E-state index in [1.165, 1.54) is 11.3 Å². The zero-order valence-corrected chi connectivity index (χ0v) is 20.5. The van der Waals surface area contributed by atoms with Gasteiger partial charge in [0.15, 0.2) is 4.80 Å². The van der Waals surface area contributed by atoms with E-state index in [0.29, 0.717) is 26.3 Å². The SMILES string of the molecule is CCn1cc(C=c2sc3n(c2=O)C(c2ccccc2)C(C(=O)Nc2ccccc2)=C(C)N=3)c(C)n1. The van der Waals surface area contributed by atoms with Crippen LogP contribution in [0.5, 0.6) is 0 Å². The molecule has 176 valence electrons. The van der Waals surface area contributed by atoms with E-state index in [1.807, 2.05) is 98.4 Å². The van der Waals surface area contributed by atoms with Crippen molar-refractivity contribution in [1.29, 1.82) is 0 Å². The second-order valence-electron chi connectivity index (χ2n) is 8.34. The van der Waals surface area contributed by atoms with Gasteiger partial charge >= 0.3 is 0 Å². The van der Waals surface area contributed by atoms with Gasteiger partial charge in [0, 0.05) is 24.0 Å². The van der Waals surface area contributed by atoms with Crippen molar-refractivity contribution in [2.24, 2.45) is 4.99 Å². The first-order chi connectivity index (χ1) is 17.0. The standard InChI is InChI=1S/C27H25N5O2S/c1-4-31-16-20(17(2)30-31)15-22-26(34)32-24(19-11-7-5-8-12-19)23(18(3)28-27(32)35-22)25(33)29-21-13-9-6-10-14-21/h5-16,24H,4H2,1-3H3,(H,29,33). The summed E-state index contributed by atoms with van der Waals surface area (Å²) < 4.78 is 4.04. The van der Waals surface area contributed by atoms with Crippen molar-refractivity contribution >= 4 is 29.0 Å². The van der Waals surface area contributed by atoms with Gasteiger partial charge in [0.1, 0.15) is 0 Å². The van der Waals surface area contributed by atoms with Crippen LogP contribution in [-0.2, 0) is 11.3 Å². The van der Waals surface area contributed by atoms with Gasteiger partial charge in [-0.05, 0) is 44.5 Å². The lowest BCUT2D eigenvalue weighted by molar-refractivity contribution is -0.113. The molecule has 2 aromatic heterocycles. The summed E-state index contributed by atoms with van der Waals surface area (Å²) in [6.45, 7) is 6.53. The summed E-state index contributed by atoms with van der Waals surface area (Å²) in [7, 11) is 0. The number of para-hydroxylation sites is 1. The number of hydrogen-bond acceptors (Lipinski definition) is 5. The normalized spacial score (nSPS) is 15.6. The number of aromatic nitrogens is 3. The van der Waals surface area contributed by atoms with Gasteiger partial charge in [0.25, 0.3) is 11.5 Å². The predicted molar refractivity (Wildman–Crippen MR) is 138 cm³/mol. The number of rotatable bonds is 5. The van der Waals surface area contributed by atoms with Crippen molar-refractivity contribution in [2.45, 2.75) is 33.4 Å². The van der Waals surface area contributed by atoms with Gasteiger partial charge in [-0.1, -0.05) is 59.9 Å². The molecular formula is C27H25N5O2S. The van der Waals surface area contributed by atoms with Gasteiger partial charge in [-0.2, -0.15) is 5.10 Å². The summed E-state index contributed by atoms with van der Waals surface area (Å²) >= 11 is 1.33. The van der Waals surface area contributed by atoms with Gasteiger partial charge in [-0.3, -0.25) is 18.8 Å². The number of allylic oxidation sites excluding steroid dienone is 1. The second-order valence-corrected chi connectivity index (χ2v) is 9.35. The molecule has 1 aliphatic heterocycles. The first-order valence-corrected chi connectivity index (χ1v) is 12.3. The molecule has 0 spiro atoms. The van der Waals surface area contributed by atoms with E-state index < -0.39 is 6.04 Å². The zero-order valence-electron chi connectivity index (χ0n) is 19.7. The highest BCUT2D eigenvalue weighted by Crippen LogP contribution is 2.30. The number of hydrogen-bond donors (Lipinski definition) is 1. The Labute approximate surface area is 206 Å². The number of amides is 1. The molecule has 1 atom stereocenters. The van der Waals surface area contributed by atoms with E-state index in [2.05, 4.69) is 10.4 Å². The van der Waals surface area contributed by atoms with E-state index >= 15 is 0 Å². The summed E-state index contributed by atoms with van der Waals surface area (Å²) in [5.74, 6) is -0.277. The van der Waals surface area contributed by atoms with Crippen molar-refractivity contribution in [3.8, 4) is 0 Å². The maximum atomic E-state index is 13.7.